The van der Waals surface area contributed by atoms with Crippen molar-refractivity contribution in [3.05, 3.63) is 86.9 Å². The Kier molecular flexibility index (Phi) is 7.29. The Labute approximate surface area is 236 Å². The summed E-state index contributed by atoms with van der Waals surface area (Å²) in [4.78, 5) is 13.1. The second-order valence-electron chi connectivity index (χ2n) is 10.7. The molecule has 2 heterocycles. The van der Waals surface area contributed by atoms with Gasteiger partial charge in [-0.15, -0.1) is 0 Å². The quantitative estimate of drug-likeness (QED) is 0.385. The third kappa shape index (κ3) is 4.38. The standard InChI is InChI=1S/C31H31ClF2N2O4/c1-35-30(38)21-13-17-12-19(39-11-10-37)14-20(17)29(34)27(21)26-22-16-31(25-8-5-9-36-25,18-6-3-2-4-7-18)40-24(22)15-23(33)28(26)32/h2-4,6-7,13,15,19,25,36-37H,5,8-12,14,16H2,1H3,(H,35,38)/t19-,25-,31-/m0/s1. The lowest BCUT2D eigenvalue weighted by Crippen LogP contribution is -2.48. The molecule has 1 saturated heterocycles. The van der Waals surface area contributed by atoms with E-state index in [1.54, 1.807) is 6.07 Å². The summed E-state index contributed by atoms with van der Waals surface area (Å²) in [5.41, 5.74) is 1.89. The minimum absolute atomic E-state index is 0.0338. The summed E-state index contributed by atoms with van der Waals surface area (Å²) in [7, 11) is 1.47. The Morgan fingerprint density at radius 1 is 1.20 bits per heavy atom. The van der Waals surface area contributed by atoms with Crippen molar-refractivity contribution in [1.29, 1.82) is 0 Å². The lowest BCUT2D eigenvalue weighted by Gasteiger charge is -2.35. The van der Waals surface area contributed by atoms with E-state index < -0.39 is 23.1 Å². The molecule has 0 bridgehead atoms. The van der Waals surface area contributed by atoms with Crippen LogP contribution in [0.5, 0.6) is 5.75 Å². The summed E-state index contributed by atoms with van der Waals surface area (Å²) in [6.07, 6.45) is 2.50. The molecule has 0 unspecified atom stereocenters. The zero-order valence-electron chi connectivity index (χ0n) is 22.2. The number of fused-ring (bicyclic) bond motifs is 2. The van der Waals surface area contributed by atoms with E-state index in [0.717, 1.165) is 24.9 Å². The first-order valence-corrected chi connectivity index (χ1v) is 14.0. The Morgan fingerprint density at radius 3 is 2.70 bits per heavy atom. The van der Waals surface area contributed by atoms with Crippen LogP contribution in [0, 0.1) is 11.6 Å². The molecule has 9 heteroatoms. The fraction of sp³-hybridized carbons (Fsp3) is 0.387. The van der Waals surface area contributed by atoms with Gasteiger partial charge in [0.2, 0.25) is 0 Å². The fourth-order valence-electron chi connectivity index (χ4n) is 6.61. The lowest BCUT2D eigenvalue weighted by atomic mass is 9.80. The molecule has 0 radical (unpaired) electrons. The van der Waals surface area contributed by atoms with Gasteiger partial charge in [-0.3, -0.25) is 4.79 Å². The van der Waals surface area contributed by atoms with Crippen LogP contribution in [0.25, 0.3) is 11.1 Å². The van der Waals surface area contributed by atoms with Crippen LogP contribution >= 0.6 is 11.6 Å². The van der Waals surface area contributed by atoms with Crippen molar-refractivity contribution in [3.63, 3.8) is 0 Å². The molecular formula is C31H31ClF2N2O4. The molecule has 40 heavy (non-hydrogen) atoms. The van der Waals surface area contributed by atoms with Gasteiger partial charge >= 0.3 is 0 Å². The van der Waals surface area contributed by atoms with Gasteiger partial charge in [-0.25, -0.2) is 8.78 Å². The molecule has 3 aliphatic rings. The number of hydrogen-bond donors (Lipinski definition) is 3. The average Bonchev–Trinajstić information content (AvgIpc) is 3.72. The molecule has 3 N–H and O–H groups in total. The number of amides is 1. The van der Waals surface area contributed by atoms with Gasteiger partial charge in [-0.2, -0.15) is 0 Å². The number of aliphatic hydroxyl groups is 1. The van der Waals surface area contributed by atoms with Crippen LogP contribution in [-0.4, -0.2) is 50.0 Å². The number of benzene rings is 3. The summed E-state index contributed by atoms with van der Waals surface area (Å²) in [5.74, 6) is -1.57. The van der Waals surface area contributed by atoms with Crippen LogP contribution in [0.1, 0.15) is 45.5 Å². The highest BCUT2D eigenvalue weighted by atomic mass is 35.5. The maximum atomic E-state index is 16.6. The molecule has 3 aromatic rings. The molecular weight excluding hydrogens is 538 g/mol. The number of carbonyl (C=O) groups is 1. The molecule has 210 valence electrons. The van der Waals surface area contributed by atoms with Gasteiger partial charge in [-0.1, -0.05) is 41.9 Å². The van der Waals surface area contributed by atoms with Gasteiger partial charge in [0, 0.05) is 42.6 Å². The van der Waals surface area contributed by atoms with E-state index in [9.17, 15) is 9.90 Å². The maximum Gasteiger partial charge on any atom is 0.251 e. The highest BCUT2D eigenvalue weighted by Crippen LogP contribution is 2.52. The minimum atomic E-state index is -0.852. The van der Waals surface area contributed by atoms with Crippen molar-refractivity contribution >= 4 is 17.5 Å². The zero-order valence-corrected chi connectivity index (χ0v) is 22.9. The number of ether oxygens (including phenoxy) is 2. The van der Waals surface area contributed by atoms with Crippen LogP contribution in [-0.2, 0) is 29.6 Å². The van der Waals surface area contributed by atoms with Crippen LogP contribution in [0.2, 0.25) is 5.02 Å². The first-order chi connectivity index (χ1) is 19.4. The summed E-state index contributed by atoms with van der Waals surface area (Å²) in [5, 5.41) is 15.1. The minimum Gasteiger partial charge on any atom is -0.480 e. The summed E-state index contributed by atoms with van der Waals surface area (Å²) < 4.78 is 44.4. The number of halogens is 3. The van der Waals surface area contributed by atoms with E-state index >= 15 is 8.78 Å². The molecule has 1 aliphatic carbocycles. The third-order valence-electron chi connectivity index (χ3n) is 8.41. The highest BCUT2D eigenvalue weighted by molar-refractivity contribution is 6.34. The molecule has 1 amide bonds. The van der Waals surface area contributed by atoms with Crippen molar-refractivity contribution in [2.75, 3.05) is 26.8 Å². The Balaban J connectivity index is 1.54. The van der Waals surface area contributed by atoms with E-state index in [0.29, 0.717) is 35.3 Å². The number of carbonyl (C=O) groups excluding carboxylic acids is 1. The Hall–Kier alpha value is -3.04. The van der Waals surface area contributed by atoms with Crippen LogP contribution in [0.15, 0.2) is 42.5 Å². The number of nitrogens with one attached hydrogen (secondary N) is 2. The number of hydrogen-bond acceptors (Lipinski definition) is 5. The zero-order chi connectivity index (χ0) is 28.0. The topological polar surface area (TPSA) is 79.8 Å². The Morgan fingerprint density at radius 2 is 2.00 bits per heavy atom. The Bertz CT molecular complexity index is 1460. The highest BCUT2D eigenvalue weighted by Gasteiger charge is 2.50. The molecule has 0 aromatic heterocycles. The number of aliphatic hydroxyl groups excluding tert-OH is 1. The van der Waals surface area contributed by atoms with Crippen LogP contribution in [0.4, 0.5) is 8.78 Å². The maximum absolute atomic E-state index is 16.6. The second-order valence-corrected chi connectivity index (χ2v) is 11.0. The largest absolute Gasteiger partial charge is 0.480 e. The molecule has 2 aliphatic heterocycles. The molecule has 6 nitrogen and oxygen atoms in total. The fourth-order valence-corrected chi connectivity index (χ4v) is 6.87. The van der Waals surface area contributed by atoms with Crippen LogP contribution in [0.3, 0.4) is 0 Å². The van der Waals surface area contributed by atoms with Gasteiger partial charge < -0.3 is 25.2 Å². The van der Waals surface area contributed by atoms with Crippen molar-refractivity contribution in [3.8, 4) is 16.9 Å². The van der Waals surface area contributed by atoms with E-state index in [1.165, 1.54) is 13.1 Å². The predicted octanol–water partition coefficient (Wildman–Crippen LogP) is 4.70. The average molecular weight is 569 g/mol. The molecule has 6 rings (SSSR count). The van der Waals surface area contributed by atoms with E-state index in [4.69, 9.17) is 21.1 Å². The molecule has 3 atom stereocenters. The van der Waals surface area contributed by atoms with Crippen molar-refractivity contribution in [1.82, 2.24) is 10.6 Å². The first-order valence-electron chi connectivity index (χ1n) is 13.7. The molecule has 3 aromatic carbocycles. The molecule has 0 spiro atoms. The van der Waals surface area contributed by atoms with Gasteiger partial charge in [0.25, 0.3) is 5.91 Å². The monoisotopic (exact) mass is 568 g/mol. The van der Waals surface area contributed by atoms with Gasteiger partial charge in [0.15, 0.2) is 5.60 Å². The predicted molar refractivity (Wildman–Crippen MR) is 148 cm³/mol. The second kappa shape index (κ2) is 10.7. The van der Waals surface area contributed by atoms with Crippen molar-refractivity contribution in [2.45, 2.75) is 49.9 Å². The molecule has 0 saturated carbocycles. The van der Waals surface area contributed by atoms with Gasteiger partial charge in [0.1, 0.15) is 17.4 Å². The number of rotatable bonds is 7. The summed E-state index contributed by atoms with van der Waals surface area (Å²) in [6.45, 7) is 0.821. The third-order valence-corrected chi connectivity index (χ3v) is 8.78. The first kappa shape index (κ1) is 27.1. The van der Waals surface area contributed by atoms with Gasteiger partial charge in [0.05, 0.1) is 35.9 Å². The molecule has 1 fully saturated rings. The summed E-state index contributed by atoms with van der Waals surface area (Å²) >= 11 is 6.65. The van der Waals surface area contributed by atoms with Gasteiger partial charge in [-0.05, 0) is 48.6 Å². The smallest absolute Gasteiger partial charge is 0.251 e. The van der Waals surface area contributed by atoms with E-state index in [-0.39, 0.29) is 53.5 Å². The van der Waals surface area contributed by atoms with Crippen molar-refractivity contribution < 1.29 is 28.2 Å². The van der Waals surface area contributed by atoms with E-state index in [2.05, 4.69) is 10.6 Å². The lowest BCUT2D eigenvalue weighted by molar-refractivity contribution is 0.0347. The van der Waals surface area contributed by atoms with Crippen LogP contribution < -0.4 is 15.4 Å². The SMILES string of the molecule is CNC(=O)c1cc2c(c(F)c1-c1c(Cl)c(F)cc3c1C[C@](c1ccccc1)([C@@H]1CCCN1)O3)C[C@@H](OCCO)C2. The summed E-state index contributed by atoms with van der Waals surface area (Å²) in [6, 6.07) is 12.6. The van der Waals surface area contributed by atoms with Crippen molar-refractivity contribution in [2.24, 2.45) is 0 Å². The van der Waals surface area contributed by atoms with E-state index in [1.807, 2.05) is 30.3 Å². The normalized spacial score (nSPS) is 23.1.